The maximum atomic E-state index is 5.08. The lowest BCUT2D eigenvalue weighted by Gasteiger charge is -2.38. The molecule has 0 bridgehead atoms. The zero-order valence-corrected chi connectivity index (χ0v) is 15.3. The van der Waals surface area contributed by atoms with Crippen molar-refractivity contribution in [3.8, 4) is 0 Å². The molecule has 134 valence electrons. The predicted octanol–water partition coefficient (Wildman–Crippen LogP) is 2.24. The first kappa shape index (κ1) is 18.7. The third kappa shape index (κ3) is 6.13. The summed E-state index contributed by atoms with van der Waals surface area (Å²) in [5, 5.41) is 6.93. The normalized spacial score (nSPS) is 22.4. The quantitative estimate of drug-likeness (QED) is 0.457. The van der Waals surface area contributed by atoms with Crippen LogP contribution in [0, 0.1) is 0 Å². The van der Waals surface area contributed by atoms with Crippen LogP contribution >= 0.6 is 0 Å². The van der Waals surface area contributed by atoms with E-state index in [4.69, 9.17) is 4.74 Å². The van der Waals surface area contributed by atoms with Crippen LogP contribution in [0.25, 0.3) is 0 Å². The highest BCUT2D eigenvalue weighted by molar-refractivity contribution is 5.79. The summed E-state index contributed by atoms with van der Waals surface area (Å²) in [6.45, 7) is 6.15. The maximum absolute atomic E-state index is 5.08. The van der Waals surface area contributed by atoms with E-state index in [1.165, 1.54) is 5.56 Å². The average molecular weight is 332 g/mol. The summed E-state index contributed by atoms with van der Waals surface area (Å²) in [4.78, 5) is 6.90. The Bertz CT molecular complexity index is 491. The molecule has 1 saturated heterocycles. The molecule has 1 aromatic rings. The van der Waals surface area contributed by atoms with Gasteiger partial charge in [-0.05, 0) is 31.7 Å². The minimum atomic E-state index is 0.487. The van der Waals surface area contributed by atoms with Gasteiger partial charge in [-0.25, -0.2) is 0 Å². The smallest absolute Gasteiger partial charge is 0.191 e. The Labute approximate surface area is 146 Å². The van der Waals surface area contributed by atoms with E-state index in [0.29, 0.717) is 12.1 Å². The van der Waals surface area contributed by atoms with Gasteiger partial charge in [0.1, 0.15) is 0 Å². The standard InChI is InChI=1S/C19H32N4O/c1-16-14-18(22-19(20-2)21-11-7-13-24-3)10-12-23(16)15-17-8-5-4-6-9-17/h4-6,8-9,16,18H,7,10-15H2,1-3H3,(H2,20,21,22). The third-order valence-corrected chi connectivity index (χ3v) is 4.62. The van der Waals surface area contributed by atoms with Crippen molar-refractivity contribution in [2.24, 2.45) is 4.99 Å². The summed E-state index contributed by atoms with van der Waals surface area (Å²) in [6, 6.07) is 11.8. The van der Waals surface area contributed by atoms with Gasteiger partial charge in [-0.2, -0.15) is 0 Å². The first-order chi connectivity index (χ1) is 11.7. The van der Waals surface area contributed by atoms with Gasteiger partial charge in [0.2, 0.25) is 0 Å². The lowest BCUT2D eigenvalue weighted by atomic mass is 9.97. The predicted molar refractivity (Wildman–Crippen MR) is 100 cm³/mol. The van der Waals surface area contributed by atoms with Crippen LogP contribution in [-0.2, 0) is 11.3 Å². The summed E-state index contributed by atoms with van der Waals surface area (Å²) >= 11 is 0. The van der Waals surface area contributed by atoms with Crippen LogP contribution in [-0.4, -0.2) is 56.8 Å². The van der Waals surface area contributed by atoms with Gasteiger partial charge in [-0.3, -0.25) is 9.89 Å². The van der Waals surface area contributed by atoms with Crippen LogP contribution in [0.2, 0.25) is 0 Å². The van der Waals surface area contributed by atoms with Crippen LogP contribution in [0.1, 0.15) is 31.7 Å². The summed E-state index contributed by atoms with van der Waals surface area (Å²) < 4.78 is 5.08. The largest absolute Gasteiger partial charge is 0.385 e. The molecule has 0 aromatic heterocycles. The SMILES string of the molecule is CN=C(NCCCOC)NC1CCN(Cc2ccccc2)C(C)C1. The maximum Gasteiger partial charge on any atom is 0.191 e. The number of likely N-dealkylation sites (tertiary alicyclic amines) is 1. The Morgan fingerprint density at radius 2 is 2.12 bits per heavy atom. The number of nitrogens with one attached hydrogen (secondary N) is 2. The van der Waals surface area contributed by atoms with Crippen molar-refractivity contribution < 1.29 is 4.74 Å². The summed E-state index contributed by atoms with van der Waals surface area (Å²) in [6.07, 6.45) is 3.28. The Kier molecular flexibility index (Phi) is 8.05. The van der Waals surface area contributed by atoms with E-state index in [1.54, 1.807) is 7.11 Å². The third-order valence-electron chi connectivity index (χ3n) is 4.62. The lowest BCUT2D eigenvalue weighted by molar-refractivity contribution is 0.134. The second kappa shape index (κ2) is 10.3. The lowest BCUT2D eigenvalue weighted by Crippen LogP contribution is -2.51. The summed E-state index contributed by atoms with van der Waals surface area (Å²) in [5.41, 5.74) is 1.39. The Morgan fingerprint density at radius 1 is 1.33 bits per heavy atom. The number of nitrogens with zero attached hydrogens (tertiary/aromatic N) is 2. The molecule has 2 unspecified atom stereocenters. The van der Waals surface area contributed by atoms with Crippen LogP contribution in [0.3, 0.4) is 0 Å². The molecule has 1 aromatic carbocycles. The second-order valence-electron chi connectivity index (χ2n) is 6.52. The molecular formula is C19H32N4O. The fourth-order valence-electron chi connectivity index (χ4n) is 3.22. The van der Waals surface area contributed by atoms with Crippen molar-refractivity contribution in [3.05, 3.63) is 35.9 Å². The number of guanidine groups is 1. The molecule has 0 spiro atoms. The summed E-state index contributed by atoms with van der Waals surface area (Å²) in [5.74, 6) is 0.903. The number of piperidine rings is 1. The van der Waals surface area contributed by atoms with E-state index in [9.17, 15) is 0 Å². The fourth-order valence-corrected chi connectivity index (χ4v) is 3.22. The monoisotopic (exact) mass is 332 g/mol. The number of ether oxygens (including phenoxy) is 1. The molecule has 1 aliphatic heterocycles. The average Bonchev–Trinajstić information content (AvgIpc) is 2.61. The molecule has 0 saturated carbocycles. The Morgan fingerprint density at radius 3 is 2.79 bits per heavy atom. The van der Waals surface area contributed by atoms with Crippen LogP contribution in [0.15, 0.2) is 35.3 Å². The molecule has 2 atom stereocenters. The molecule has 0 aliphatic carbocycles. The highest BCUT2D eigenvalue weighted by Crippen LogP contribution is 2.19. The number of methoxy groups -OCH3 is 1. The minimum Gasteiger partial charge on any atom is -0.385 e. The van der Waals surface area contributed by atoms with Crippen molar-refractivity contribution in [1.29, 1.82) is 0 Å². The molecule has 0 amide bonds. The Hall–Kier alpha value is -1.59. The molecule has 1 fully saturated rings. The molecule has 1 heterocycles. The van der Waals surface area contributed by atoms with E-state index in [0.717, 1.165) is 51.5 Å². The molecule has 0 radical (unpaired) electrons. The van der Waals surface area contributed by atoms with Gasteiger partial charge in [0, 0.05) is 52.5 Å². The minimum absolute atomic E-state index is 0.487. The van der Waals surface area contributed by atoms with Crippen LogP contribution in [0.5, 0.6) is 0 Å². The second-order valence-corrected chi connectivity index (χ2v) is 6.52. The number of hydrogen-bond donors (Lipinski definition) is 2. The van der Waals surface area contributed by atoms with Crippen LogP contribution in [0.4, 0.5) is 0 Å². The Balaban J connectivity index is 1.75. The first-order valence-electron chi connectivity index (χ1n) is 8.97. The van der Waals surface area contributed by atoms with E-state index >= 15 is 0 Å². The summed E-state index contributed by atoms with van der Waals surface area (Å²) in [7, 11) is 3.57. The van der Waals surface area contributed by atoms with Gasteiger partial charge in [-0.15, -0.1) is 0 Å². The van der Waals surface area contributed by atoms with Crippen molar-refractivity contribution in [1.82, 2.24) is 15.5 Å². The van der Waals surface area contributed by atoms with Gasteiger partial charge in [0.25, 0.3) is 0 Å². The van der Waals surface area contributed by atoms with Gasteiger partial charge in [-0.1, -0.05) is 30.3 Å². The van der Waals surface area contributed by atoms with E-state index in [1.807, 2.05) is 7.05 Å². The molecule has 5 heteroatoms. The molecule has 24 heavy (non-hydrogen) atoms. The van der Waals surface area contributed by atoms with Gasteiger partial charge in [0.05, 0.1) is 0 Å². The number of benzene rings is 1. The number of hydrogen-bond acceptors (Lipinski definition) is 3. The first-order valence-corrected chi connectivity index (χ1v) is 8.97. The van der Waals surface area contributed by atoms with E-state index in [2.05, 4.69) is 57.8 Å². The van der Waals surface area contributed by atoms with E-state index < -0.39 is 0 Å². The van der Waals surface area contributed by atoms with E-state index in [-0.39, 0.29) is 0 Å². The highest BCUT2D eigenvalue weighted by Gasteiger charge is 2.25. The van der Waals surface area contributed by atoms with Crippen LogP contribution < -0.4 is 10.6 Å². The van der Waals surface area contributed by atoms with Gasteiger partial charge < -0.3 is 15.4 Å². The zero-order chi connectivity index (χ0) is 17.2. The van der Waals surface area contributed by atoms with Crippen molar-refractivity contribution in [2.75, 3.05) is 33.9 Å². The van der Waals surface area contributed by atoms with Gasteiger partial charge in [0.15, 0.2) is 5.96 Å². The molecule has 2 N–H and O–H groups in total. The topological polar surface area (TPSA) is 48.9 Å². The zero-order valence-electron chi connectivity index (χ0n) is 15.3. The molecule has 1 aliphatic rings. The van der Waals surface area contributed by atoms with Crippen molar-refractivity contribution in [3.63, 3.8) is 0 Å². The van der Waals surface area contributed by atoms with Crippen molar-refractivity contribution >= 4 is 5.96 Å². The molecule has 2 rings (SSSR count). The molecular weight excluding hydrogens is 300 g/mol. The van der Waals surface area contributed by atoms with Crippen molar-refractivity contribution in [2.45, 2.75) is 44.8 Å². The number of aliphatic imine (C=N–C) groups is 1. The fraction of sp³-hybridized carbons (Fsp3) is 0.632. The number of rotatable bonds is 7. The molecule has 5 nitrogen and oxygen atoms in total. The highest BCUT2D eigenvalue weighted by atomic mass is 16.5. The van der Waals surface area contributed by atoms with Gasteiger partial charge >= 0.3 is 0 Å².